The van der Waals surface area contributed by atoms with Crippen LogP contribution in [0.4, 0.5) is 4.39 Å². The predicted octanol–water partition coefficient (Wildman–Crippen LogP) is 1.93. The van der Waals surface area contributed by atoms with Crippen LogP contribution in [0.15, 0.2) is 57.8 Å². The van der Waals surface area contributed by atoms with Crippen molar-refractivity contribution in [3.63, 3.8) is 0 Å². The molecule has 0 radical (unpaired) electrons. The molecule has 5 heteroatoms. The third kappa shape index (κ3) is 3.40. The molecule has 2 aromatic carbocycles. The van der Waals surface area contributed by atoms with Gasteiger partial charge >= 0.3 is 5.63 Å². The van der Waals surface area contributed by atoms with Gasteiger partial charge in [0.25, 0.3) is 0 Å². The van der Waals surface area contributed by atoms with Crippen LogP contribution in [-0.2, 0) is 6.61 Å². The van der Waals surface area contributed by atoms with E-state index in [1.807, 2.05) is 18.2 Å². The van der Waals surface area contributed by atoms with Crippen LogP contribution < -0.4 is 20.9 Å². The lowest BCUT2D eigenvalue weighted by atomic mass is 10.1. The molecule has 23 heavy (non-hydrogen) atoms. The van der Waals surface area contributed by atoms with Crippen molar-refractivity contribution in [2.75, 3.05) is 0 Å². The summed E-state index contributed by atoms with van der Waals surface area (Å²) in [5.74, 6) is 0.273. The second-order valence-corrected chi connectivity index (χ2v) is 4.98. The first-order chi connectivity index (χ1) is 11.1. The van der Waals surface area contributed by atoms with Gasteiger partial charge in [-0.15, -0.1) is 0 Å². The van der Waals surface area contributed by atoms with Crippen molar-refractivity contribution in [2.24, 2.45) is 0 Å². The molecule has 4 nitrogen and oxygen atoms in total. The Hall–Kier alpha value is -3.08. The molecule has 1 heterocycles. The van der Waals surface area contributed by atoms with Gasteiger partial charge in [-0.1, -0.05) is 36.9 Å². The summed E-state index contributed by atoms with van der Waals surface area (Å²) in [4.78, 5) is 11.6. The van der Waals surface area contributed by atoms with Crippen molar-refractivity contribution in [2.45, 2.75) is 6.61 Å². The van der Waals surface area contributed by atoms with Crippen molar-refractivity contribution < 1.29 is 13.7 Å². The molecule has 0 aliphatic heterocycles. The van der Waals surface area contributed by atoms with E-state index >= 15 is 0 Å². The highest BCUT2D eigenvalue weighted by Gasteiger charge is 2.04. The number of aromatic nitrogens is 1. The molecule has 1 N–H and O–H groups in total. The smallest absolute Gasteiger partial charge is 0.365 e. The maximum atomic E-state index is 13.2. The van der Waals surface area contributed by atoms with E-state index in [4.69, 9.17) is 9.26 Å². The molecule has 0 bridgehead atoms. The normalized spacial score (nSPS) is 11.6. The first-order valence-corrected chi connectivity index (χ1v) is 6.98. The number of halogens is 1. The van der Waals surface area contributed by atoms with Crippen molar-refractivity contribution in [3.05, 3.63) is 86.5 Å². The molecule has 0 atom stereocenters. The van der Waals surface area contributed by atoms with Gasteiger partial charge in [0.05, 0.1) is 10.6 Å². The molecule has 3 rings (SSSR count). The molecule has 0 aliphatic rings. The van der Waals surface area contributed by atoms with Gasteiger partial charge in [0.1, 0.15) is 18.2 Å². The lowest BCUT2D eigenvalue weighted by Crippen LogP contribution is -2.31. The Balaban J connectivity index is 1.91. The minimum Gasteiger partial charge on any atom is -0.488 e. The first-order valence-electron chi connectivity index (χ1n) is 6.98. The van der Waals surface area contributed by atoms with E-state index in [0.29, 0.717) is 21.9 Å². The number of hydrogen-bond donors (Lipinski definition) is 1. The SMILES string of the molecule is C=c1[nH]oc(=O)c1=Cc1ccccc1OCc1cccc(F)c1. The van der Waals surface area contributed by atoms with Crippen LogP contribution in [0.25, 0.3) is 12.7 Å². The van der Waals surface area contributed by atoms with Gasteiger partial charge in [0.2, 0.25) is 0 Å². The Morgan fingerprint density at radius 2 is 2.04 bits per heavy atom. The summed E-state index contributed by atoms with van der Waals surface area (Å²) in [6.45, 7) is 3.93. The van der Waals surface area contributed by atoms with Crippen LogP contribution in [0, 0.1) is 5.82 Å². The summed E-state index contributed by atoms with van der Waals surface area (Å²) in [5.41, 5.74) is 0.939. The Bertz CT molecular complexity index is 957. The molecule has 1 aromatic heterocycles. The van der Waals surface area contributed by atoms with Gasteiger partial charge < -0.3 is 9.26 Å². The first kappa shape index (κ1) is 14.8. The zero-order valence-electron chi connectivity index (χ0n) is 12.2. The molecule has 0 saturated heterocycles. The second-order valence-electron chi connectivity index (χ2n) is 4.98. The largest absolute Gasteiger partial charge is 0.488 e. The average Bonchev–Trinajstić information content (AvgIpc) is 2.86. The highest BCUT2D eigenvalue weighted by molar-refractivity contribution is 5.56. The fourth-order valence-corrected chi connectivity index (χ4v) is 2.16. The summed E-state index contributed by atoms with van der Waals surface area (Å²) in [6, 6.07) is 13.5. The number of aromatic amines is 1. The number of nitrogens with one attached hydrogen (secondary N) is 1. The lowest BCUT2D eigenvalue weighted by molar-refractivity contribution is 0.305. The summed E-state index contributed by atoms with van der Waals surface area (Å²) in [5, 5.41) is 3.17. The van der Waals surface area contributed by atoms with Gasteiger partial charge in [-0.3, -0.25) is 0 Å². The molecule has 0 amide bonds. The van der Waals surface area contributed by atoms with E-state index in [9.17, 15) is 9.18 Å². The maximum absolute atomic E-state index is 13.2. The number of rotatable bonds is 4. The topological polar surface area (TPSA) is 55.2 Å². The molecular weight excluding hydrogens is 297 g/mol. The zero-order chi connectivity index (χ0) is 16.2. The van der Waals surface area contributed by atoms with Crippen LogP contribution in [-0.4, -0.2) is 5.16 Å². The molecule has 0 aliphatic carbocycles. The van der Waals surface area contributed by atoms with Gasteiger partial charge in [0, 0.05) is 5.56 Å². The Morgan fingerprint density at radius 3 is 2.78 bits per heavy atom. The summed E-state index contributed by atoms with van der Waals surface area (Å²) in [7, 11) is 0. The van der Waals surface area contributed by atoms with Crippen LogP contribution >= 0.6 is 0 Å². The van der Waals surface area contributed by atoms with Gasteiger partial charge in [-0.25, -0.2) is 14.3 Å². The molecule has 0 spiro atoms. The Labute approximate surface area is 131 Å². The molecular formula is C18H14FNO3. The fourth-order valence-electron chi connectivity index (χ4n) is 2.16. The van der Waals surface area contributed by atoms with Gasteiger partial charge in [-0.05, 0) is 29.8 Å². The average molecular weight is 311 g/mol. The van der Waals surface area contributed by atoms with Crippen LogP contribution in [0.5, 0.6) is 5.75 Å². The molecule has 0 fully saturated rings. The number of para-hydroxylation sites is 1. The second kappa shape index (κ2) is 6.36. The van der Waals surface area contributed by atoms with Crippen molar-refractivity contribution in [1.29, 1.82) is 0 Å². The monoisotopic (exact) mass is 311 g/mol. The summed E-state index contributed by atoms with van der Waals surface area (Å²) in [6.07, 6.45) is 1.64. The summed E-state index contributed by atoms with van der Waals surface area (Å²) >= 11 is 0. The van der Waals surface area contributed by atoms with E-state index in [-0.39, 0.29) is 12.4 Å². The third-order valence-electron chi connectivity index (χ3n) is 3.31. The number of H-pyrrole nitrogens is 1. The predicted molar refractivity (Wildman–Crippen MR) is 84.8 cm³/mol. The van der Waals surface area contributed by atoms with Crippen LogP contribution in [0.1, 0.15) is 11.1 Å². The van der Waals surface area contributed by atoms with E-state index in [0.717, 1.165) is 5.56 Å². The van der Waals surface area contributed by atoms with Crippen LogP contribution in [0.3, 0.4) is 0 Å². The number of hydrogen-bond acceptors (Lipinski definition) is 3. The van der Waals surface area contributed by atoms with E-state index in [1.54, 1.807) is 24.3 Å². The molecule has 3 aromatic rings. The number of ether oxygens (including phenoxy) is 1. The standard InChI is InChI=1S/C18H14FNO3/c1-12-16(18(21)23-20-12)10-14-6-2-3-8-17(14)22-11-13-5-4-7-15(19)9-13/h2-10,20H,1,11H2. The Morgan fingerprint density at radius 1 is 1.22 bits per heavy atom. The Kier molecular flexibility index (Phi) is 4.10. The molecule has 0 saturated carbocycles. The minimum absolute atomic E-state index is 0.224. The van der Waals surface area contributed by atoms with Crippen molar-refractivity contribution >= 4 is 12.7 Å². The van der Waals surface area contributed by atoms with Gasteiger partial charge in [-0.2, -0.15) is 0 Å². The van der Waals surface area contributed by atoms with E-state index in [2.05, 4.69) is 11.7 Å². The summed E-state index contributed by atoms with van der Waals surface area (Å²) < 4.78 is 23.6. The van der Waals surface area contributed by atoms with Crippen LogP contribution in [0.2, 0.25) is 0 Å². The molecule has 116 valence electrons. The minimum atomic E-state index is -0.491. The van der Waals surface area contributed by atoms with E-state index < -0.39 is 5.63 Å². The van der Waals surface area contributed by atoms with E-state index in [1.165, 1.54) is 12.1 Å². The lowest BCUT2D eigenvalue weighted by Gasteiger charge is -2.09. The van der Waals surface area contributed by atoms with Crippen molar-refractivity contribution in [1.82, 2.24) is 5.16 Å². The fraction of sp³-hybridized carbons (Fsp3) is 0.0556. The highest BCUT2D eigenvalue weighted by Crippen LogP contribution is 2.20. The van der Waals surface area contributed by atoms with Gasteiger partial charge in [0.15, 0.2) is 0 Å². The number of benzene rings is 2. The highest BCUT2D eigenvalue weighted by atomic mass is 19.1. The quantitative estimate of drug-likeness (QED) is 0.801. The zero-order valence-corrected chi connectivity index (χ0v) is 12.2. The molecule has 0 unspecified atom stereocenters. The third-order valence-corrected chi connectivity index (χ3v) is 3.31. The van der Waals surface area contributed by atoms with Crippen molar-refractivity contribution in [3.8, 4) is 5.75 Å². The maximum Gasteiger partial charge on any atom is 0.365 e.